The number of hydrogen-bond donors (Lipinski definition) is 1. The molecule has 0 aliphatic heterocycles. The number of benzene rings is 2. The molecule has 3 rings (SSSR count). The van der Waals surface area contributed by atoms with Crippen LogP contribution >= 0.6 is 23.8 Å². The van der Waals surface area contributed by atoms with E-state index in [1.165, 1.54) is 5.56 Å². The minimum atomic E-state index is 0.364. The van der Waals surface area contributed by atoms with Gasteiger partial charge >= 0.3 is 0 Å². The summed E-state index contributed by atoms with van der Waals surface area (Å²) in [6, 6.07) is 15.6. The van der Waals surface area contributed by atoms with Crippen molar-refractivity contribution in [2.75, 3.05) is 0 Å². The summed E-state index contributed by atoms with van der Waals surface area (Å²) in [5.74, 6) is 0. The van der Waals surface area contributed by atoms with E-state index in [0.29, 0.717) is 9.79 Å². The number of nitrogens with zero attached hydrogens (tertiary/aromatic N) is 2. The van der Waals surface area contributed by atoms with Crippen molar-refractivity contribution in [2.24, 2.45) is 0 Å². The van der Waals surface area contributed by atoms with Gasteiger partial charge in [-0.15, -0.1) is 0 Å². The monoisotopic (exact) mass is 313 g/mol. The average Bonchev–Trinajstić information content (AvgIpc) is 2.49. The van der Waals surface area contributed by atoms with Crippen molar-refractivity contribution in [3.8, 4) is 22.5 Å². The predicted octanol–water partition coefficient (Wildman–Crippen LogP) is 4.83. The molecule has 1 heterocycles. The molecule has 3 aromatic rings. The van der Waals surface area contributed by atoms with Crippen LogP contribution in [0.1, 0.15) is 5.56 Å². The van der Waals surface area contributed by atoms with Gasteiger partial charge in [0.05, 0.1) is 0 Å². The highest BCUT2D eigenvalue weighted by molar-refractivity contribution is 7.71. The number of hydrogen-bond acceptors (Lipinski definition) is 3. The van der Waals surface area contributed by atoms with Crippen LogP contribution in [0.2, 0.25) is 5.02 Å². The van der Waals surface area contributed by atoms with E-state index in [1.807, 2.05) is 55.5 Å². The fourth-order valence-electron chi connectivity index (χ4n) is 2.06. The molecular formula is C16H12ClN3S. The van der Waals surface area contributed by atoms with Gasteiger partial charge < -0.3 is 0 Å². The standard InChI is InChI=1S/C16H12ClN3S/c1-10-2-4-11(5-3-10)14-15(19-20-16(21)18-14)12-6-8-13(17)9-7-12/h2-9H,1H3,(H,18,20,21). The molecule has 0 saturated heterocycles. The molecule has 21 heavy (non-hydrogen) atoms. The van der Waals surface area contributed by atoms with Gasteiger partial charge in [0.2, 0.25) is 4.77 Å². The Bertz CT molecular complexity index is 823. The summed E-state index contributed by atoms with van der Waals surface area (Å²) in [5.41, 5.74) is 4.64. The van der Waals surface area contributed by atoms with Gasteiger partial charge in [-0.25, -0.2) is 4.98 Å². The second-order valence-corrected chi connectivity index (χ2v) is 5.53. The summed E-state index contributed by atoms with van der Waals surface area (Å²) in [6.07, 6.45) is 0. The van der Waals surface area contributed by atoms with E-state index < -0.39 is 0 Å². The molecule has 0 amide bonds. The Morgan fingerprint density at radius 1 is 0.905 bits per heavy atom. The van der Waals surface area contributed by atoms with Gasteiger partial charge in [-0.1, -0.05) is 53.6 Å². The Balaban J connectivity index is 2.19. The SMILES string of the molecule is Cc1ccc(-c2nc(=S)[nH]nc2-c2ccc(Cl)cc2)cc1. The van der Waals surface area contributed by atoms with Crippen molar-refractivity contribution >= 4 is 23.8 Å². The quantitative estimate of drug-likeness (QED) is 0.689. The van der Waals surface area contributed by atoms with E-state index in [4.69, 9.17) is 23.8 Å². The molecule has 0 aliphatic carbocycles. The van der Waals surface area contributed by atoms with Gasteiger partial charge in [-0.2, -0.15) is 5.10 Å². The van der Waals surface area contributed by atoms with Gasteiger partial charge in [0.1, 0.15) is 11.4 Å². The van der Waals surface area contributed by atoms with Crippen LogP contribution < -0.4 is 0 Å². The van der Waals surface area contributed by atoms with Crippen LogP contribution in [0, 0.1) is 11.7 Å². The molecule has 1 aromatic heterocycles. The number of halogens is 1. The van der Waals surface area contributed by atoms with Crippen molar-refractivity contribution in [1.29, 1.82) is 0 Å². The van der Waals surface area contributed by atoms with Crippen LogP contribution in [0.3, 0.4) is 0 Å². The first-order valence-corrected chi connectivity index (χ1v) is 7.22. The van der Waals surface area contributed by atoms with E-state index >= 15 is 0 Å². The molecule has 0 atom stereocenters. The maximum Gasteiger partial charge on any atom is 0.214 e. The molecule has 0 saturated carbocycles. The fraction of sp³-hybridized carbons (Fsp3) is 0.0625. The third-order valence-electron chi connectivity index (χ3n) is 3.14. The number of aryl methyl sites for hydroxylation is 1. The summed E-state index contributed by atoms with van der Waals surface area (Å²) in [5, 5.41) is 7.78. The van der Waals surface area contributed by atoms with Gasteiger partial charge in [-0.3, -0.25) is 5.10 Å². The van der Waals surface area contributed by atoms with E-state index in [1.54, 1.807) is 0 Å². The number of nitrogens with one attached hydrogen (secondary N) is 1. The lowest BCUT2D eigenvalue weighted by atomic mass is 10.0. The smallest absolute Gasteiger partial charge is 0.214 e. The topological polar surface area (TPSA) is 41.6 Å². The second kappa shape index (κ2) is 5.76. The molecule has 0 unspecified atom stereocenters. The van der Waals surface area contributed by atoms with Crippen molar-refractivity contribution in [3.63, 3.8) is 0 Å². The largest absolute Gasteiger partial charge is 0.251 e. The highest BCUT2D eigenvalue weighted by Gasteiger charge is 2.11. The Morgan fingerprint density at radius 2 is 1.48 bits per heavy atom. The molecule has 3 nitrogen and oxygen atoms in total. The lowest BCUT2D eigenvalue weighted by Crippen LogP contribution is -1.97. The summed E-state index contributed by atoms with van der Waals surface area (Å²) in [7, 11) is 0. The van der Waals surface area contributed by atoms with Crippen molar-refractivity contribution in [1.82, 2.24) is 15.2 Å². The zero-order valence-electron chi connectivity index (χ0n) is 11.3. The van der Waals surface area contributed by atoms with Crippen molar-refractivity contribution in [3.05, 3.63) is 63.9 Å². The normalized spacial score (nSPS) is 10.6. The van der Waals surface area contributed by atoms with Crippen LogP contribution in [0.5, 0.6) is 0 Å². The number of aromatic nitrogens is 3. The predicted molar refractivity (Wildman–Crippen MR) is 87.8 cm³/mol. The third-order valence-corrected chi connectivity index (χ3v) is 3.58. The maximum absolute atomic E-state index is 5.94. The van der Waals surface area contributed by atoms with Gasteiger partial charge in [0.15, 0.2) is 0 Å². The molecule has 0 fully saturated rings. The second-order valence-electron chi connectivity index (χ2n) is 4.71. The zero-order chi connectivity index (χ0) is 14.8. The van der Waals surface area contributed by atoms with Crippen LogP contribution in [0.15, 0.2) is 48.5 Å². The molecule has 2 aromatic carbocycles. The van der Waals surface area contributed by atoms with E-state index in [-0.39, 0.29) is 0 Å². The zero-order valence-corrected chi connectivity index (χ0v) is 12.9. The first-order valence-electron chi connectivity index (χ1n) is 6.43. The Labute approximate surface area is 132 Å². The Hall–Kier alpha value is -2.04. The lowest BCUT2D eigenvalue weighted by Gasteiger charge is -2.08. The van der Waals surface area contributed by atoms with Crippen LogP contribution in [-0.4, -0.2) is 15.2 Å². The highest BCUT2D eigenvalue weighted by atomic mass is 35.5. The first kappa shape index (κ1) is 13.9. The minimum Gasteiger partial charge on any atom is -0.251 e. The Morgan fingerprint density at radius 3 is 2.14 bits per heavy atom. The van der Waals surface area contributed by atoms with Crippen molar-refractivity contribution in [2.45, 2.75) is 6.92 Å². The van der Waals surface area contributed by atoms with Gasteiger partial charge in [0.25, 0.3) is 0 Å². The van der Waals surface area contributed by atoms with E-state index in [0.717, 1.165) is 22.5 Å². The van der Waals surface area contributed by atoms with E-state index in [2.05, 4.69) is 15.2 Å². The summed E-state index contributed by atoms with van der Waals surface area (Å²) < 4.78 is 0.364. The molecule has 0 spiro atoms. The highest BCUT2D eigenvalue weighted by Crippen LogP contribution is 2.28. The molecule has 1 N–H and O–H groups in total. The third kappa shape index (κ3) is 3.01. The first-order chi connectivity index (χ1) is 10.1. The summed E-state index contributed by atoms with van der Waals surface area (Å²) in [6.45, 7) is 2.05. The molecule has 5 heteroatoms. The molecule has 0 aliphatic rings. The minimum absolute atomic E-state index is 0.364. The van der Waals surface area contributed by atoms with Crippen LogP contribution in [0.25, 0.3) is 22.5 Å². The molecule has 0 radical (unpaired) electrons. The number of aromatic amines is 1. The molecule has 104 valence electrons. The average molecular weight is 314 g/mol. The fourth-order valence-corrected chi connectivity index (χ4v) is 2.32. The van der Waals surface area contributed by atoms with Crippen LogP contribution in [-0.2, 0) is 0 Å². The molecular weight excluding hydrogens is 302 g/mol. The summed E-state index contributed by atoms with van der Waals surface area (Å²) >= 11 is 11.0. The van der Waals surface area contributed by atoms with Gasteiger partial charge in [-0.05, 0) is 31.3 Å². The number of H-pyrrole nitrogens is 1. The Kier molecular flexibility index (Phi) is 3.82. The number of rotatable bonds is 2. The maximum atomic E-state index is 5.94. The van der Waals surface area contributed by atoms with Crippen molar-refractivity contribution < 1.29 is 0 Å². The van der Waals surface area contributed by atoms with Crippen LogP contribution in [0.4, 0.5) is 0 Å². The molecule has 0 bridgehead atoms. The summed E-state index contributed by atoms with van der Waals surface area (Å²) in [4.78, 5) is 4.44. The van der Waals surface area contributed by atoms with E-state index in [9.17, 15) is 0 Å². The lowest BCUT2D eigenvalue weighted by molar-refractivity contribution is 0.960. The van der Waals surface area contributed by atoms with Gasteiger partial charge in [0, 0.05) is 16.1 Å².